The molecule has 1 aromatic rings. The Morgan fingerprint density at radius 1 is 0.898 bits per heavy atom. The molecule has 1 aromatic carbocycles. The summed E-state index contributed by atoms with van der Waals surface area (Å²) >= 11 is 0. The molecular weight excluding hydrogens is 627 g/mol. The molecule has 1 N–H and O–H groups in total. The normalized spacial score (nSPS) is 40.8. The SMILES string of the molecule is C=CC.CC1(C)C(c2ccc(C(=O)O)cc2)=CC[C@@]2(C)C1CC[C@]1(C)C2CC[C@@H]2[C@H]3CCC[C@]3(/C=C/CN3CCS(=O)(=O)CC3)CC[C@]21C. The number of allylic oxidation sites excluding steroid dienone is 4. The van der Waals surface area contributed by atoms with Crippen molar-refractivity contribution in [3.8, 4) is 0 Å². The zero-order valence-electron chi connectivity index (χ0n) is 31.3. The van der Waals surface area contributed by atoms with Crippen molar-refractivity contribution in [3.05, 3.63) is 66.3 Å². The van der Waals surface area contributed by atoms with E-state index in [9.17, 15) is 18.3 Å². The van der Waals surface area contributed by atoms with Gasteiger partial charge in [0.15, 0.2) is 9.84 Å². The lowest BCUT2D eigenvalue weighted by Gasteiger charge is -2.72. The summed E-state index contributed by atoms with van der Waals surface area (Å²) in [7, 11) is -2.84. The number of nitrogens with zero attached hydrogens (tertiary/aromatic N) is 1. The van der Waals surface area contributed by atoms with Gasteiger partial charge < -0.3 is 5.11 Å². The number of sulfone groups is 1. The average Bonchev–Trinajstić information content (AvgIpc) is 3.46. The first-order valence-corrected chi connectivity index (χ1v) is 21.1. The Hall–Kier alpha value is -2.18. The van der Waals surface area contributed by atoms with Crippen LogP contribution in [-0.4, -0.2) is 55.5 Å². The monoisotopic (exact) mass is 689 g/mol. The van der Waals surface area contributed by atoms with Crippen LogP contribution in [0.4, 0.5) is 0 Å². The molecule has 0 spiro atoms. The summed E-state index contributed by atoms with van der Waals surface area (Å²) in [6.07, 6.45) is 22.4. The molecule has 1 heterocycles. The zero-order chi connectivity index (χ0) is 35.5. The van der Waals surface area contributed by atoms with Crippen LogP contribution >= 0.6 is 0 Å². The predicted molar refractivity (Wildman–Crippen MR) is 202 cm³/mol. The highest BCUT2D eigenvalue weighted by Gasteiger charge is 2.69. The molecular formula is C43H63NO4S. The van der Waals surface area contributed by atoms with Crippen LogP contribution in [0.3, 0.4) is 0 Å². The van der Waals surface area contributed by atoms with Gasteiger partial charge in [-0.1, -0.05) is 77.5 Å². The summed E-state index contributed by atoms with van der Waals surface area (Å²) in [5, 5.41) is 9.44. The molecule has 0 radical (unpaired) electrons. The molecule has 270 valence electrons. The lowest BCUT2D eigenvalue weighted by molar-refractivity contribution is -0.218. The number of aromatic carboxylic acids is 1. The van der Waals surface area contributed by atoms with E-state index in [4.69, 9.17) is 0 Å². The second-order valence-corrected chi connectivity index (χ2v) is 20.4. The standard InChI is InChI=1S/C40H57NO4S.C3H6/c1-36(2)30(28-9-11-29(12-10-28)35(42)43)15-19-37(3)33(36)16-20-39(5)34(37)14-13-31-32-8-6-17-40(32,22-21-38(31,39)4)18-7-23-41-24-26-46(44,45)27-25-41;1-3-2/h7,9-12,15,18,31-34H,6,8,13-14,16-17,19-27H2,1-5H3,(H,42,43);3H,1H2,2H3/b18-7+;/t31-,32-,33?,34?,37+,38-,39-,40+;/m1./s1. The second-order valence-electron chi connectivity index (χ2n) is 18.1. The highest BCUT2D eigenvalue weighted by molar-refractivity contribution is 7.91. The zero-order valence-corrected chi connectivity index (χ0v) is 32.1. The number of hydrogen-bond acceptors (Lipinski definition) is 4. The van der Waals surface area contributed by atoms with Crippen molar-refractivity contribution in [1.29, 1.82) is 0 Å². The fraction of sp³-hybridized carbons (Fsp3) is 0.698. The van der Waals surface area contributed by atoms with Gasteiger partial charge >= 0.3 is 5.97 Å². The molecule has 0 bridgehead atoms. The molecule has 7 rings (SSSR count). The van der Waals surface area contributed by atoms with Gasteiger partial charge in [-0.2, -0.15) is 0 Å². The van der Waals surface area contributed by atoms with E-state index < -0.39 is 15.8 Å². The third kappa shape index (κ3) is 6.03. The van der Waals surface area contributed by atoms with E-state index in [1.807, 2.05) is 19.1 Å². The number of fused-ring (bicyclic) bond motifs is 7. The van der Waals surface area contributed by atoms with E-state index >= 15 is 0 Å². The number of hydrogen-bond donors (Lipinski definition) is 1. The van der Waals surface area contributed by atoms with E-state index in [-0.39, 0.29) is 10.8 Å². The second kappa shape index (κ2) is 13.1. The molecule has 0 aromatic heterocycles. The molecule has 5 aliphatic carbocycles. The number of carboxylic acids is 1. The number of rotatable bonds is 5. The highest BCUT2D eigenvalue weighted by atomic mass is 32.2. The Morgan fingerprint density at radius 2 is 1.57 bits per heavy atom. The van der Waals surface area contributed by atoms with Crippen LogP contribution in [0.1, 0.15) is 122 Å². The van der Waals surface area contributed by atoms with Crippen molar-refractivity contribution >= 4 is 21.4 Å². The lowest BCUT2D eigenvalue weighted by Crippen LogP contribution is -2.64. The number of carboxylic acid groups (broad SMARTS) is 1. The smallest absolute Gasteiger partial charge is 0.335 e. The van der Waals surface area contributed by atoms with Crippen LogP contribution in [-0.2, 0) is 9.84 Å². The van der Waals surface area contributed by atoms with Crippen molar-refractivity contribution < 1.29 is 18.3 Å². The van der Waals surface area contributed by atoms with E-state index in [1.165, 1.54) is 68.9 Å². The largest absolute Gasteiger partial charge is 0.478 e. The van der Waals surface area contributed by atoms with Gasteiger partial charge in [0.2, 0.25) is 0 Å². The fourth-order valence-electron chi connectivity index (χ4n) is 13.2. The molecule has 6 aliphatic rings. The summed E-state index contributed by atoms with van der Waals surface area (Å²) in [4.78, 5) is 13.8. The van der Waals surface area contributed by atoms with Crippen LogP contribution < -0.4 is 0 Å². The maximum absolute atomic E-state index is 11.9. The summed E-state index contributed by atoms with van der Waals surface area (Å²) < 4.78 is 23.8. The van der Waals surface area contributed by atoms with E-state index in [0.717, 1.165) is 24.8 Å². The lowest BCUT2D eigenvalue weighted by atomic mass is 9.32. The van der Waals surface area contributed by atoms with Gasteiger partial charge in [-0.15, -0.1) is 6.58 Å². The fourth-order valence-corrected chi connectivity index (χ4v) is 14.4. The maximum atomic E-state index is 11.9. The molecule has 4 saturated carbocycles. The van der Waals surface area contributed by atoms with Gasteiger partial charge in [0, 0.05) is 19.6 Å². The van der Waals surface area contributed by atoms with Crippen LogP contribution in [0.5, 0.6) is 0 Å². The van der Waals surface area contributed by atoms with Gasteiger partial charge in [0.25, 0.3) is 0 Å². The van der Waals surface area contributed by atoms with E-state index in [1.54, 1.807) is 18.2 Å². The van der Waals surface area contributed by atoms with Crippen LogP contribution in [0.15, 0.2) is 55.1 Å². The number of benzene rings is 1. The van der Waals surface area contributed by atoms with Crippen molar-refractivity contribution in [2.75, 3.05) is 31.1 Å². The molecule has 8 atom stereocenters. The van der Waals surface area contributed by atoms with Gasteiger partial charge in [-0.25, -0.2) is 13.2 Å². The maximum Gasteiger partial charge on any atom is 0.335 e. The molecule has 6 heteroatoms. The van der Waals surface area contributed by atoms with Crippen molar-refractivity contribution in [3.63, 3.8) is 0 Å². The first-order chi connectivity index (χ1) is 23.1. The first kappa shape index (κ1) is 36.6. The Balaban J connectivity index is 0.00000134. The van der Waals surface area contributed by atoms with Gasteiger partial charge in [0.1, 0.15) is 0 Å². The van der Waals surface area contributed by atoms with Crippen LogP contribution in [0.2, 0.25) is 0 Å². The van der Waals surface area contributed by atoms with Gasteiger partial charge in [-0.05, 0) is 139 Å². The van der Waals surface area contributed by atoms with Crippen LogP contribution in [0.25, 0.3) is 5.57 Å². The number of carbonyl (C=O) groups is 1. The van der Waals surface area contributed by atoms with Crippen molar-refractivity contribution in [2.45, 2.75) is 106 Å². The summed E-state index contributed by atoms with van der Waals surface area (Å²) in [5.41, 5.74) is 4.27. The summed E-state index contributed by atoms with van der Waals surface area (Å²) in [5.74, 6) is 2.63. The average molecular weight is 690 g/mol. The Bertz CT molecular complexity index is 1580. The van der Waals surface area contributed by atoms with Gasteiger partial charge in [-0.3, -0.25) is 4.90 Å². The molecule has 2 unspecified atom stereocenters. The summed E-state index contributed by atoms with van der Waals surface area (Å²) in [6.45, 7) is 20.5. The minimum Gasteiger partial charge on any atom is -0.478 e. The summed E-state index contributed by atoms with van der Waals surface area (Å²) in [6, 6.07) is 7.59. The first-order valence-electron chi connectivity index (χ1n) is 19.3. The van der Waals surface area contributed by atoms with E-state index in [0.29, 0.717) is 58.2 Å². The minimum absolute atomic E-state index is 0.0351. The Morgan fingerprint density at radius 3 is 2.22 bits per heavy atom. The third-order valence-corrected chi connectivity index (χ3v) is 17.3. The Labute approximate surface area is 297 Å². The topological polar surface area (TPSA) is 74.7 Å². The van der Waals surface area contributed by atoms with Crippen molar-refractivity contribution in [1.82, 2.24) is 4.90 Å². The van der Waals surface area contributed by atoms with E-state index in [2.05, 4.69) is 64.3 Å². The molecule has 1 aliphatic heterocycles. The van der Waals surface area contributed by atoms with Crippen molar-refractivity contribution in [2.24, 2.45) is 50.7 Å². The van der Waals surface area contributed by atoms with Crippen LogP contribution in [0, 0.1) is 50.7 Å². The molecule has 49 heavy (non-hydrogen) atoms. The third-order valence-electron chi connectivity index (χ3n) is 15.7. The molecule has 5 fully saturated rings. The predicted octanol–water partition coefficient (Wildman–Crippen LogP) is 9.71. The molecule has 5 nitrogen and oxygen atoms in total. The Kier molecular flexibility index (Phi) is 9.79. The molecule has 1 saturated heterocycles. The minimum atomic E-state index is -2.84. The quantitative estimate of drug-likeness (QED) is 0.312. The molecule has 0 amide bonds. The highest BCUT2D eigenvalue weighted by Crippen LogP contribution is 2.77. The van der Waals surface area contributed by atoms with Gasteiger partial charge in [0.05, 0.1) is 17.1 Å².